The van der Waals surface area contributed by atoms with Crippen LogP contribution in [0, 0.1) is 50.2 Å². The second-order valence-electron chi connectivity index (χ2n) is 15.7. The molecular formula is C33H52O4. The lowest BCUT2D eigenvalue weighted by molar-refractivity contribution is -0.188. The van der Waals surface area contributed by atoms with Gasteiger partial charge in [-0.3, -0.25) is 9.59 Å². The van der Waals surface area contributed by atoms with Gasteiger partial charge >= 0.3 is 11.9 Å². The van der Waals surface area contributed by atoms with Gasteiger partial charge in [-0.1, -0.05) is 53.2 Å². The van der Waals surface area contributed by atoms with Gasteiger partial charge in [0.05, 0.1) is 12.5 Å². The maximum absolute atomic E-state index is 12.9. The number of allylic oxidation sites excluding steroid dienone is 2. The van der Waals surface area contributed by atoms with Gasteiger partial charge in [-0.25, -0.2) is 0 Å². The molecule has 0 bridgehead atoms. The molecule has 4 nitrogen and oxygen atoms in total. The molecule has 0 amide bonds. The summed E-state index contributed by atoms with van der Waals surface area (Å²) < 4.78 is 11.2. The van der Waals surface area contributed by atoms with Crippen molar-refractivity contribution in [2.45, 2.75) is 126 Å². The van der Waals surface area contributed by atoms with Crippen molar-refractivity contribution in [3.63, 3.8) is 0 Å². The Labute approximate surface area is 225 Å². The predicted molar refractivity (Wildman–Crippen MR) is 147 cm³/mol. The van der Waals surface area contributed by atoms with Crippen LogP contribution in [0.5, 0.6) is 0 Å². The molecule has 0 aromatic heterocycles. The van der Waals surface area contributed by atoms with E-state index in [0.29, 0.717) is 23.2 Å². The van der Waals surface area contributed by atoms with Gasteiger partial charge in [0.1, 0.15) is 6.10 Å². The highest BCUT2D eigenvalue weighted by Crippen LogP contribution is 2.75. The van der Waals surface area contributed by atoms with Crippen molar-refractivity contribution < 1.29 is 19.1 Å². The van der Waals surface area contributed by atoms with Crippen LogP contribution >= 0.6 is 0 Å². The molecule has 37 heavy (non-hydrogen) atoms. The molecule has 0 spiro atoms. The van der Waals surface area contributed by atoms with E-state index in [4.69, 9.17) is 9.47 Å². The maximum Gasteiger partial charge on any atom is 0.311 e. The summed E-state index contributed by atoms with van der Waals surface area (Å²) in [7, 11) is 1.56. The summed E-state index contributed by atoms with van der Waals surface area (Å²) in [5.74, 6) is 1.52. The van der Waals surface area contributed by atoms with Crippen LogP contribution in [0.3, 0.4) is 0 Å². The molecule has 4 fully saturated rings. The first kappa shape index (κ1) is 27.3. The van der Waals surface area contributed by atoms with E-state index < -0.39 is 0 Å². The van der Waals surface area contributed by atoms with Crippen LogP contribution < -0.4 is 0 Å². The van der Waals surface area contributed by atoms with Crippen LogP contribution in [0.15, 0.2) is 11.6 Å². The maximum atomic E-state index is 12.9. The van der Waals surface area contributed by atoms with E-state index in [2.05, 4.69) is 54.5 Å². The van der Waals surface area contributed by atoms with Gasteiger partial charge in [0.15, 0.2) is 0 Å². The fourth-order valence-corrected chi connectivity index (χ4v) is 11.2. The lowest BCUT2D eigenvalue weighted by Gasteiger charge is -2.70. The third-order valence-corrected chi connectivity index (χ3v) is 13.7. The summed E-state index contributed by atoms with van der Waals surface area (Å²) in [6.45, 7) is 18.7. The number of methoxy groups -OCH3 is 1. The minimum Gasteiger partial charge on any atom is -0.469 e. The number of esters is 2. The zero-order valence-electron chi connectivity index (χ0n) is 25.1. The van der Waals surface area contributed by atoms with E-state index in [0.717, 1.165) is 38.5 Å². The van der Waals surface area contributed by atoms with Gasteiger partial charge in [0.2, 0.25) is 0 Å². The molecule has 9 atom stereocenters. The van der Waals surface area contributed by atoms with Crippen LogP contribution in [0.4, 0.5) is 0 Å². The molecular weight excluding hydrogens is 460 g/mol. The Bertz CT molecular complexity index is 1010. The second-order valence-corrected chi connectivity index (χ2v) is 15.7. The Morgan fingerprint density at radius 1 is 0.865 bits per heavy atom. The molecule has 0 aromatic carbocycles. The van der Waals surface area contributed by atoms with Gasteiger partial charge in [-0.2, -0.15) is 0 Å². The first-order valence-electron chi connectivity index (χ1n) is 15.0. The van der Waals surface area contributed by atoms with Crippen molar-refractivity contribution >= 4 is 11.9 Å². The molecule has 0 aromatic rings. The Morgan fingerprint density at radius 2 is 1.54 bits per heavy atom. The van der Waals surface area contributed by atoms with Crippen molar-refractivity contribution in [2.24, 2.45) is 50.2 Å². The summed E-state index contributed by atoms with van der Waals surface area (Å²) >= 11 is 0. The Kier molecular flexibility index (Phi) is 6.14. The number of hydrogen-bond donors (Lipinski definition) is 0. The summed E-state index contributed by atoms with van der Waals surface area (Å²) in [5, 5.41) is 0. The normalized spacial score (nSPS) is 50.4. The number of hydrogen-bond acceptors (Lipinski definition) is 4. The number of carbonyl (C=O) groups excluding carboxylic acids is 2. The quantitative estimate of drug-likeness (QED) is 0.279. The van der Waals surface area contributed by atoms with E-state index in [9.17, 15) is 9.59 Å². The average Bonchev–Trinajstić information content (AvgIpc) is 2.82. The number of carbonyl (C=O) groups is 2. The largest absolute Gasteiger partial charge is 0.469 e. The Balaban J connectivity index is 1.52. The smallest absolute Gasteiger partial charge is 0.311 e. The van der Waals surface area contributed by atoms with Crippen LogP contribution in [0.2, 0.25) is 0 Å². The topological polar surface area (TPSA) is 52.6 Å². The molecule has 5 aliphatic carbocycles. The molecule has 4 heteroatoms. The first-order chi connectivity index (χ1) is 17.1. The minimum absolute atomic E-state index is 0.00795. The van der Waals surface area contributed by atoms with Crippen molar-refractivity contribution in [1.82, 2.24) is 0 Å². The zero-order chi connectivity index (χ0) is 27.2. The summed E-state index contributed by atoms with van der Waals surface area (Å²) in [6, 6.07) is 0. The summed E-state index contributed by atoms with van der Waals surface area (Å²) in [6.07, 6.45) is 13.9. The fourth-order valence-electron chi connectivity index (χ4n) is 11.2. The lowest BCUT2D eigenvalue weighted by atomic mass is 9.34. The van der Waals surface area contributed by atoms with Gasteiger partial charge in [-0.15, -0.1) is 0 Å². The van der Waals surface area contributed by atoms with Crippen molar-refractivity contribution in [2.75, 3.05) is 7.11 Å². The van der Waals surface area contributed by atoms with E-state index in [1.165, 1.54) is 25.7 Å². The van der Waals surface area contributed by atoms with Crippen molar-refractivity contribution in [3.8, 4) is 0 Å². The fraction of sp³-hybridized carbons (Fsp3) is 0.879. The first-order valence-corrected chi connectivity index (χ1v) is 15.0. The third kappa shape index (κ3) is 3.58. The van der Waals surface area contributed by atoms with E-state index in [1.54, 1.807) is 19.6 Å². The average molecular weight is 513 g/mol. The SMILES string of the molecule is COC(=O)[C@@]1(C)CC[C@]2(C)CC[C@]3(C)[C@H](CC=C4[C@@]5(C)CC[C@H](OC(C)=O)C(C)(C)[C@@H]5CC[C@]43C)[C@@H]2C1. The van der Waals surface area contributed by atoms with Crippen LogP contribution in [0.1, 0.15) is 120 Å². The highest BCUT2D eigenvalue weighted by atomic mass is 16.5. The summed E-state index contributed by atoms with van der Waals surface area (Å²) in [5.41, 5.74) is 2.20. The summed E-state index contributed by atoms with van der Waals surface area (Å²) in [4.78, 5) is 24.8. The zero-order valence-corrected chi connectivity index (χ0v) is 25.1. The highest BCUT2D eigenvalue weighted by Gasteiger charge is 2.68. The van der Waals surface area contributed by atoms with Gasteiger partial charge in [-0.05, 0) is 111 Å². The Hall–Kier alpha value is -1.32. The van der Waals surface area contributed by atoms with Crippen LogP contribution in [-0.2, 0) is 19.1 Å². The molecule has 0 saturated heterocycles. The number of fused-ring (bicyclic) bond motifs is 7. The molecule has 208 valence electrons. The van der Waals surface area contributed by atoms with E-state index >= 15 is 0 Å². The minimum atomic E-state index is -0.356. The molecule has 4 saturated carbocycles. The van der Waals surface area contributed by atoms with E-state index in [1.807, 2.05) is 0 Å². The van der Waals surface area contributed by atoms with Gasteiger partial charge in [0.25, 0.3) is 0 Å². The van der Waals surface area contributed by atoms with Crippen LogP contribution in [-0.4, -0.2) is 25.2 Å². The van der Waals surface area contributed by atoms with E-state index in [-0.39, 0.29) is 45.1 Å². The van der Waals surface area contributed by atoms with Crippen molar-refractivity contribution in [1.29, 1.82) is 0 Å². The monoisotopic (exact) mass is 512 g/mol. The molecule has 0 unspecified atom stereocenters. The third-order valence-electron chi connectivity index (χ3n) is 13.7. The standard InChI is InChI=1S/C33H52O4/c1-21(34)37-26-13-14-31(6)24(28(26,2)3)12-15-33(8)25(31)11-10-22-23-20-30(5,27(35)36-9)17-16-29(23,4)18-19-32(22,33)7/h11,22-24,26H,10,12-20H2,1-9H3/t22-,23+,24+,26+,29-,30+,31+,32-,33-/m1/s1. The molecule has 5 aliphatic rings. The molecule has 0 aliphatic heterocycles. The number of rotatable bonds is 2. The Morgan fingerprint density at radius 3 is 2.19 bits per heavy atom. The molecule has 5 rings (SSSR count). The van der Waals surface area contributed by atoms with Gasteiger partial charge in [0, 0.05) is 12.3 Å². The van der Waals surface area contributed by atoms with Crippen molar-refractivity contribution in [3.05, 3.63) is 11.6 Å². The molecule has 0 N–H and O–H groups in total. The van der Waals surface area contributed by atoms with Crippen LogP contribution in [0.25, 0.3) is 0 Å². The predicted octanol–water partition coefficient (Wildman–Crippen LogP) is 7.89. The number of ether oxygens (including phenoxy) is 2. The second kappa shape index (κ2) is 8.34. The van der Waals surface area contributed by atoms with Gasteiger partial charge < -0.3 is 9.47 Å². The lowest BCUT2D eigenvalue weighted by Crippen LogP contribution is -2.63. The molecule has 0 radical (unpaired) electrons. The highest BCUT2D eigenvalue weighted by molar-refractivity contribution is 5.76. The molecule has 0 heterocycles.